The summed E-state index contributed by atoms with van der Waals surface area (Å²) in [6, 6.07) is 10.9. The zero-order chi connectivity index (χ0) is 19.4. The highest BCUT2D eigenvalue weighted by atomic mass is 32.1. The van der Waals surface area contributed by atoms with E-state index in [1.54, 1.807) is 12.1 Å². The Morgan fingerprint density at radius 2 is 2.04 bits per heavy atom. The average molecular weight is 382 g/mol. The molecule has 0 bridgehead atoms. The Hall–Kier alpha value is -3.26. The van der Waals surface area contributed by atoms with E-state index in [2.05, 4.69) is 21.9 Å². The molecule has 138 valence electrons. The van der Waals surface area contributed by atoms with Gasteiger partial charge in [-0.25, -0.2) is 4.98 Å². The maximum atomic E-state index is 12.2. The molecule has 7 nitrogen and oxygen atoms in total. The summed E-state index contributed by atoms with van der Waals surface area (Å²) in [5.74, 6) is 0.177. The van der Waals surface area contributed by atoms with E-state index >= 15 is 0 Å². The number of ether oxygens (including phenoxy) is 1. The molecule has 2 N–H and O–H groups in total. The molecule has 2 aromatic heterocycles. The fourth-order valence-corrected chi connectivity index (χ4v) is 2.77. The predicted octanol–water partition coefficient (Wildman–Crippen LogP) is 3.32. The summed E-state index contributed by atoms with van der Waals surface area (Å²) in [5.41, 5.74) is 1.79. The van der Waals surface area contributed by atoms with Crippen LogP contribution in [0.1, 0.15) is 18.1 Å². The van der Waals surface area contributed by atoms with Crippen LogP contribution in [0.5, 0.6) is 11.8 Å². The van der Waals surface area contributed by atoms with Crippen LogP contribution in [0, 0.1) is 4.77 Å². The lowest BCUT2D eigenvalue weighted by atomic mass is 10.1. The molecular weight excluding hydrogens is 364 g/mol. The molecule has 2 heterocycles. The van der Waals surface area contributed by atoms with E-state index in [4.69, 9.17) is 17.0 Å². The van der Waals surface area contributed by atoms with Gasteiger partial charge in [-0.15, -0.1) is 0 Å². The number of rotatable bonds is 5. The van der Waals surface area contributed by atoms with Gasteiger partial charge in [0.15, 0.2) is 4.77 Å². The van der Waals surface area contributed by atoms with Crippen LogP contribution >= 0.6 is 12.2 Å². The molecule has 0 aliphatic carbocycles. The number of aliphatic imine (C=N–C) groups is 1. The van der Waals surface area contributed by atoms with Gasteiger partial charge in [0.2, 0.25) is 11.8 Å². The van der Waals surface area contributed by atoms with Crippen LogP contribution in [0.2, 0.25) is 0 Å². The minimum absolute atomic E-state index is 0.000939. The molecule has 0 radical (unpaired) electrons. The average Bonchev–Trinajstić information content (AvgIpc) is 2.68. The fraction of sp³-hybridized carbons (Fsp3) is 0.158. The molecule has 0 saturated carbocycles. The maximum Gasteiger partial charge on any atom is 0.264 e. The summed E-state index contributed by atoms with van der Waals surface area (Å²) in [6.07, 6.45) is 3.68. The van der Waals surface area contributed by atoms with Crippen LogP contribution in [0.4, 0.5) is 5.69 Å². The molecule has 8 heteroatoms. The molecule has 3 rings (SSSR count). The van der Waals surface area contributed by atoms with Gasteiger partial charge >= 0.3 is 0 Å². The smallest absolute Gasteiger partial charge is 0.264 e. The molecule has 0 unspecified atom stereocenters. The van der Waals surface area contributed by atoms with Gasteiger partial charge in [0.05, 0.1) is 24.7 Å². The van der Waals surface area contributed by atoms with Gasteiger partial charge in [0, 0.05) is 12.3 Å². The summed E-state index contributed by atoms with van der Waals surface area (Å²) >= 11 is 5.21. The second kappa shape index (κ2) is 7.96. The molecular formula is C19H18N4O3S. The number of aromatic nitrogens is 3. The zero-order valence-electron chi connectivity index (χ0n) is 14.8. The van der Waals surface area contributed by atoms with Crippen molar-refractivity contribution < 1.29 is 9.84 Å². The first kappa shape index (κ1) is 18.5. The Labute approximate surface area is 160 Å². The number of pyridine rings is 1. The highest BCUT2D eigenvalue weighted by Crippen LogP contribution is 2.20. The van der Waals surface area contributed by atoms with Crippen molar-refractivity contribution in [2.24, 2.45) is 4.99 Å². The van der Waals surface area contributed by atoms with Crippen molar-refractivity contribution >= 4 is 24.1 Å². The first-order valence-corrected chi connectivity index (χ1v) is 8.66. The number of aromatic hydroxyl groups is 1. The van der Waals surface area contributed by atoms with Crippen molar-refractivity contribution in [3.8, 4) is 17.4 Å². The van der Waals surface area contributed by atoms with E-state index < -0.39 is 5.56 Å². The summed E-state index contributed by atoms with van der Waals surface area (Å²) in [7, 11) is 1.52. The van der Waals surface area contributed by atoms with E-state index in [0.717, 1.165) is 12.0 Å². The molecule has 0 atom stereocenters. The van der Waals surface area contributed by atoms with E-state index in [1.165, 1.54) is 24.1 Å². The number of hydrogen-bond donors (Lipinski definition) is 2. The van der Waals surface area contributed by atoms with Gasteiger partial charge < -0.3 is 9.84 Å². The summed E-state index contributed by atoms with van der Waals surface area (Å²) in [5, 5.41) is 10.6. The topological polar surface area (TPSA) is 92.5 Å². The van der Waals surface area contributed by atoms with Gasteiger partial charge in [-0.05, 0) is 42.4 Å². The number of methoxy groups -OCH3 is 1. The lowest BCUT2D eigenvalue weighted by Gasteiger charge is -2.11. The van der Waals surface area contributed by atoms with Gasteiger partial charge in [0.1, 0.15) is 5.56 Å². The number of hydrogen-bond acceptors (Lipinski definition) is 6. The van der Waals surface area contributed by atoms with Gasteiger partial charge in [0.25, 0.3) is 5.56 Å². The van der Waals surface area contributed by atoms with Gasteiger partial charge in [-0.1, -0.05) is 19.1 Å². The maximum absolute atomic E-state index is 12.2. The quantitative estimate of drug-likeness (QED) is 0.522. The Morgan fingerprint density at radius 3 is 2.63 bits per heavy atom. The molecule has 0 aliphatic rings. The number of aryl methyl sites for hydroxylation is 1. The lowest BCUT2D eigenvalue weighted by molar-refractivity contribution is 0.398. The van der Waals surface area contributed by atoms with E-state index in [1.807, 2.05) is 24.3 Å². The third-order valence-electron chi connectivity index (χ3n) is 4.00. The van der Waals surface area contributed by atoms with Gasteiger partial charge in [-0.2, -0.15) is 0 Å². The van der Waals surface area contributed by atoms with E-state index in [0.29, 0.717) is 17.3 Å². The SMILES string of the molecule is CCc1ccc(-n2c(O)c(C=Nc3ccc(OC)nc3)c(=O)[nH]c2=S)cc1. The number of nitrogens with one attached hydrogen (secondary N) is 1. The molecule has 0 fully saturated rings. The van der Waals surface area contributed by atoms with Gasteiger partial charge in [-0.3, -0.25) is 19.3 Å². The second-order valence-corrected chi connectivity index (χ2v) is 6.06. The number of aromatic amines is 1. The lowest BCUT2D eigenvalue weighted by Crippen LogP contribution is -2.18. The number of nitrogens with zero attached hydrogens (tertiary/aromatic N) is 3. The molecule has 0 saturated heterocycles. The zero-order valence-corrected chi connectivity index (χ0v) is 15.7. The normalized spacial score (nSPS) is 11.0. The third kappa shape index (κ3) is 3.95. The Balaban J connectivity index is 2.03. The molecule has 1 aromatic carbocycles. The molecule has 27 heavy (non-hydrogen) atoms. The summed E-state index contributed by atoms with van der Waals surface area (Å²) in [6.45, 7) is 2.06. The van der Waals surface area contributed by atoms with Crippen molar-refractivity contribution in [3.63, 3.8) is 0 Å². The van der Waals surface area contributed by atoms with Crippen molar-refractivity contribution in [1.29, 1.82) is 0 Å². The third-order valence-corrected chi connectivity index (χ3v) is 4.28. The molecule has 0 spiro atoms. The Bertz CT molecular complexity index is 1080. The Morgan fingerprint density at radius 1 is 1.30 bits per heavy atom. The van der Waals surface area contributed by atoms with Crippen molar-refractivity contribution in [3.05, 3.63) is 68.8 Å². The first-order chi connectivity index (χ1) is 13.0. The van der Waals surface area contributed by atoms with Crippen molar-refractivity contribution in [2.75, 3.05) is 7.11 Å². The van der Waals surface area contributed by atoms with E-state index in [-0.39, 0.29) is 16.2 Å². The summed E-state index contributed by atoms with van der Waals surface area (Å²) in [4.78, 5) is 23.0. The number of H-pyrrole nitrogens is 1. The van der Waals surface area contributed by atoms with Crippen LogP contribution in [-0.2, 0) is 6.42 Å². The summed E-state index contributed by atoms with van der Waals surface area (Å²) < 4.78 is 6.49. The second-order valence-electron chi connectivity index (χ2n) is 5.67. The van der Waals surface area contributed by atoms with Crippen LogP contribution < -0.4 is 10.3 Å². The van der Waals surface area contributed by atoms with Crippen LogP contribution in [-0.4, -0.2) is 33.0 Å². The predicted molar refractivity (Wildman–Crippen MR) is 106 cm³/mol. The van der Waals surface area contributed by atoms with Crippen LogP contribution in [0.15, 0.2) is 52.4 Å². The number of benzene rings is 1. The first-order valence-electron chi connectivity index (χ1n) is 8.25. The molecule has 3 aromatic rings. The standard InChI is InChI=1S/C19H18N4O3S/c1-3-12-4-7-14(8-5-12)23-18(25)15(17(24)22-19(23)27)11-20-13-6-9-16(26-2)21-10-13/h4-11,25H,3H2,1-2H3,(H,22,24,27). The minimum Gasteiger partial charge on any atom is -0.494 e. The molecule has 0 aliphatic heterocycles. The highest BCUT2D eigenvalue weighted by Gasteiger charge is 2.12. The van der Waals surface area contributed by atoms with E-state index in [9.17, 15) is 9.90 Å². The molecule has 0 amide bonds. The largest absolute Gasteiger partial charge is 0.494 e. The van der Waals surface area contributed by atoms with Crippen LogP contribution in [0.3, 0.4) is 0 Å². The monoisotopic (exact) mass is 382 g/mol. The Kier molecular flexibility index (Phi) is 5.46. The van der Waals surface area contributed by atoms with Crippen LogP contribution in [0.25, 0.3) is 5.69 Å². The minimum atomic E-state index is -0.524. The van der Waals surface area contributed by atoms with Crippen molar-refractivity contribution in [1.82, 2.24) is 14.5 Å². The highest BCUT2D eigenvalue weighted by molar-refractivity contribution is 7.71. The van der Waals surface area contributed by atoms with Crippen molar-refractivity contribution in [2.45, 2.75) is 13.3 Å². The fourth-order valence-electron chi connectivity index (χ4n) is 2.48.